The Morgan fingerprint density at radius 1 is 1.41 bits per heavy atom. The van der Waals surface area contributed by atoms with Crippen LogP contribution in [0.25, 0.3) is 0 Å². The molecular formula is C11H19F3N2O. The van der Waals surface area contributed by atoms with E-state index < -0.39 is 12.1 Å². The number of piperazine rings is 1. The molecule has 1 unspecified atom stereocenters. The van der Waals surface area contributed by atoms with Crippen LogP contribution in [0.3, 0.4) is 0 Å². The number of hydrogen-bond donors (Lipinski definition) is 0. The van der Waals surface area contributed by atoms with Gasteiger partial charge in [0.05, 0.1) is 0 Å². The minimum Gasteiger partial charge on any atom is -0.330 e. The third-order valence-electron chi connectivity index (χ3n) is 3.38. The Hall–Kier alpha value is -0.780. The zero-order valence-electron chi connectivity index (χ0n) is 10.4. The fourth-order valence-corrected chi connectivity index (χ4v) is 2.11. The third kappa shape index (κ3) is 3.34. The van der Waals surface area contributed by atoms with Gasteiger partial charge in [0, 0.05) is 31.7 Å². The first kappa shape index (κ1) is 14.3. The lowest BCUT2D eigenvalue weighted by atomic mass is 10.1. The summed E-state index contributed by atoms with van der Waals surface area (Å²) in [5.74, 6) is -1.71. The summed E-state index contributed by atoms with van der Waals surface area (Å²) >= 11 is 0. The molecule has 1 aliphatic heterocycles. The summed E-state index contributed by atoms with van der Waals surface area (Å²) in [6, 6.07) is -0.0348. The monoisotopic (exact) mass is 252 g/mol. The Bertz CT molecular complexity index is 280. The molecule has 1 heterocycles. The van der Waals surface area contributed by atoms with E-state index in [1.807, 2.05) is 13.8 Å². The second-order valence-corrected chi connectivity index (χ2v) is 4.60. The van der Waals surface area contributed by atoms with Crippen LogP contribution in [0.1, 0.15) is 27.2 Å². The second kappa shape index (κ2) is 5.25. The average molecular weight is 252 g/mol. The Kier molecular flexibility index (Phi) is 4.41. The molecule has 1 aliphatic rings. The minimum absolute atomic E-state index is 0.157. The molecule has 2 atom stereocenters. The maximum absolute atomic E-state index is 12.3. The van der Waals surface area contributed by atoms with Crippen LogP contribution in [0, 0.1) is 0 Å². The molecular weight excluding hydrogens is 233 g/mol. The van der Waals surface area contributed by atoms with Crippen molar-refractivity contribution in [2.45, 2.75) is 45.5 Å². The van der Waals surface area contributed by atoms with E-state index in [-0.39, 0.29) is 12.6 Å². The summed E-state index contributed by atoms with van der Waals surface area (Å²) in [6.45, 7) is 6.94. The molecule has 0 saturated carbocycles. The lowest BCUT2D eigenvalue weighted by molar-refractivity contribution is -0.190. The first-order valence-corrected chi connectivity index (χ1v) is 5.89. The van der Waals surface area contributed by atoms with E-state index in [1.165, 1.54) is 0 Å². The van der Waals surface area contributed by atoms with Gasteiger partial charge in [-0.1, -0.05) is 6.92 Å². The van der Waals surface area contributed by atoms with Gasteiger partial charge in [-0.3, -0.25) is 9.69 Å². The van der Waals surface area contributed by atoms with Crippen LogP contribution in [0.2, 0.25) is 0 Å². The van der Waals surface area contributed by atoms with Gasteiger partial charge in [0.1, 0.15) is 0 Å². The summed E-state index contributed by atoms with van der Waals surface area (Å²) in [7, 11) is 0. The highest BCUT2D eigenvalue weighted by atomic mass is 19.4. The SMILES string of the molecule is CCC(C)N1CCN(C(=O)C(F)(F)F)[C@H](C)C1. The molecule has 0 radical (unpaired) electrons. The van der Waals surface area contributed by atoms with E-state index in [0.29, 0.717) is 19.1 Å². The van der Waals surface area contributed by atoms with Gasteiger partial charge in [0.15, 0.2) is 0 Å². The number of nitrogens with zero attached hydrogens (tertiary/aromatic N) is 2. The molecule has 17 heavy (non-hydrogen) atoms. The highest BCUT2D eigenvalue weighted by molar-refractivity contribution is 5.82. The third-order valence-corrected chi connectivity index (χ3v) is 3.38. The number of rotatable bonds is 2. The zero-order valence-corrected chi connectivity index (χ0v) is 10.4. The second-order valence-electron chi connectivity index (χ2n) is 4.60. The van der Waals surface area contributed by atoms with Gasteiger partial charge in [-0.25, -0.2) is 0 Å². The van der Waals surface area contributed by atoms with Crippen molar-refractivity contribution in [3.63, 3.8) is 0 Å². The van der Waals surface area contributed by atoms with E-state index in [0.717, 1.165) is 11.3 Å². The van der Waals surface area contributed by atoms with Gasteiger partial charge in [-0.05, 0) is 20.3 Å². The summed E-state index contributed by atoms with van der Waals surface area (Å²) < 4.78 is 37.0. The topological polar surface area (TPSA) is 23.6 Å². The first-order valence-electron chi connectivity index (χ1n) is 5.89. The van der Waals surface area contributed by atoms with Crippen molar-refractivity contribution in [2.24, 2.45) is 0 Å². The summed E-state index contributed by atoms with van der Waals surface area (Å²) in [5.41, 5.74) is 0. The van der Waals surface area contributed by atoms with Crippen LogP contribution < -0.4 is 0 Å². The largest absolute Gasteiger partial charge is 0.471 e. The molecule has 0 N–H and O–H groups in total. The quantitative estimate of drug-likeness (QED) is 0.749. The average Bonchev–Trinajstić information content (AvgIpc) is 2.25. The standard InChI is InChI=1S/C11H19F3N2O/c1-4-8(2)15-5-6-16(9(3)7-15)10(17)11(12,13)14/h8-9H,4-7H2,1-3H3/t8?,9-/m1/s1. The molecule has 0 bridgehead atoms. The number of halogens is 3. The maximum atomic E-state index is 12.3. The van der Waals surface area contributed by atoms with Crippen LogP contribution in [0.4, 0.5) is 13.2 Å². The van der Waals surface area contributed by atoms with Crippen molar-refractivity contribution >= 4 is 5.91 Å². The predicted molar refractivity (Wildman–Crippen MR) is 58.6 cm³/mol. The van der Waals surface area contributed by atoms with Crippen molar-refractivity contribution in [3.05, 3.63) is 0 Å². The molecule has 1 saturated heterocycles. The van der Waals surface area contributed by atoms with Crippen LogP contribution >= 0.6 is 0 Å². The smallest absolute Gasteiger partial charge is 0.330 e. The highest BCUT2D eigenvalue weighted by Gasteiger charge is 2.45. The zero-order chi connectivity index (χ0) is 13.2. The molecule has 1 fully saturated rings. The number of hydrogen-bond acceptors (Lipinski definition) is 2. The van der Waals surface area contributed by atoms with Crippen molar-refractivity contribution in [2.75, 3.05) is 19.6 Å². The fraction of sp³-hybridized carbons (Fsp3) is 0.909. The number of amides is 1. The summed E-state index contributed by atoms with van der Waals surface area (Å²) in [5, 5.41) is 0. The van der Waals surface area contributed by atoms with E-state index in [9.17, 15) is 18.0 Å². The molecule has 6 heteroatoms. The van der Waals surface area contributed by atoms with Crippen LogP contribution in [-0.4, -0.2) is 53.6 Å². The number of carbonyl (C=O) groups excluding carboxylic acids is 1. The molecule has 1 rings (SSSR count). The molecule has 100 valence electrons. The van der Waals surface area contributed by atoms with Gasteiger partial charge in [0.25, 0.3) is 0 Å². The maximum Gasteiger partial charge on any atom is 0.471 e. The molecule has 0 aromatic heterocycles. The van der Waals surface area contributed by atoms with Gasteiger partial charge in [0.2, 0.25) is 0 Å². The molecule has 3 nitrogen and oxygen atoms in total. The van der Waals surface area contributed by atoms with Gasteiger partial charge >= 0.3 is 12.1 Å². The van der Waals surface area contributed by atoms with Crippen molar-refractivity contribution in [3.8, 4) is 0 Å². The number of alkyl halides is 3. The van der Waals surface area contributed by atoms with Crippen molar-refractivity contribution in [1.29, 1.82) is 0 Å². The Labute approximate surface area is 99.6 Å². The Balaban J connectivity index is 2.63. The van der Waals surface area contributed by atoms with E-state index >= 15 is 0 Å². The molecule has 0 aromatic carbocycles. The lowest BCUT2D eigenvalue weighted by Gasteiger charge is -2.42. The normalized spacial score (nSPS) is 24.8. The number of carbonyl (C=O) groups is 1. The summed E-state index contributed by atoms with van der Waals surface area (Å²) in [4.78, 5) is 14.2. The minimum atomic E-state index is -4.76. The van der Waals surface area contributed by atoms with Gasteiger partial charge in [-0.15, -0.1) is 0 Å². The highest BCUT2D eigenvalue weighted by Crippen LogP contribution is 2.22. The van der Waals surface area contributed by atoms with E-state index in [1.54, 1.807) is 6.92 Å². The summed E-state index contributed by atoms with van der Waals surface area (Å²) in [6.07, 6.45) is -3.80. The van der Waals surface area contributed by atoms with E-state index in [4.69, 9.17) is 0 Å². The van der Waals surface area contributed by atoms with Crippen LogP contribution in [0.5, 0.6) is 0 Å². The predicted octanol–water partition coefficient (Wildman–Crippen LogP) is 1.88. The first-order chi connectivity index (χ1) is 7.77. The van der Waals surface area contributed by atoms with Crippen molar-refractivity contribution < 1.29 is 18.0 Å². The van der Waals surface area contributed by atoms with E-state index in [2.05, 4.69) is 4.90 Å². The van der Waals surface area contributed by atoms with Crippen LogP contribution in [-0.2, 0) is 4.79 Å². The molecule has 0 spiro atoms. The van der Waals surface area contributed by atoms with Crippen LogP contribution in [0.15, 0.2) is 0 Å². The fourth-order valence-electron chi connectivity index (χ4n) is 2.11. The van der Waals surface area contributed by atoms with Gasteiger partial charge in [-0.2, -0.15) is 13.2 Å². The lowest BCUT2D eigenvalue weighted by Crippen LogP contribution is -2.58. The van der Waals surface area contributed by atoms with Gasteiger partial charge < -0.3 is 4.90 Å². The molecule has 1 amide bonds. The molecule has 0 aromatic rings. The molecule has 0 aliphatic carbocycles. The Morgan fingerprint density at radius 2 is 2.00 bits per heavy atom. The Morgan fingerprint density at radius 3 is 2.41 bits per heavy atom. The van der Waals surface area contributed by atoms with Crippen molar-refractivity contribution in [1.82, 2.24) is 9.80 Å².